The molecule has 45 heavy (non-hydrogen) atoms. The van der Waals surface area contributed by atoms with Gasteiger partial charge in [0.05, 0.1) is 39.0 Å². The fraction of sp³-hybridized carbons (Fsp3) is 0.375. The van der Waals surface area contributed by atoms with Gasteiger partial charge in [-0.1, -0.05) is 36.7 Å². The molecule has 13 heteroatoms. The van der Waals surface area contributed by atoms with Gasteiger partial charge >= 0.3 is 0 Å². The van der Waals surface area contributed by atoms with Gasteiger partial charge in [-0.3, -0.25) is 13.9 Å². The topological polar surface area (TPSA) is 124 Å². The molecule has 1 N–H and O–H groups in total. The molecule has 0 fully saturated rings. The molecule has 3 aromatic rings. The highest BCUT2D eigenvalue weighted by Gasteiger charge is 2.35. The van der Waals surface area contributed by atoms with Crippen molar-refractivity contribution in [3.8, 4) is 23.0 Å². The van der Waals surface area contributed by atoms with Crippen molar-refractivity contribution in [2.45, 2.75) is 50.7 Å². The average molecular weight is 662 g/mol. The number of carbonyl (C=O) groups excluding carboxylic acids is 2. The molecule has 1 atom stereocenters. The lowest BCUT2D eigenvalue weighted by molar-refractivity contribution is -0.140. The van der Waals surface area contributed by atoms with E-state index in [0.717, 1.165) is 4.31 Å². The molecule has 0 radical (unpaired) electrons. The van der Waals surface area contributed by atoms with E-state index in [4.69, 9.17) is 30.5 Å². The highest BCUT2D eigenvalue weighted by molar-refractivity contribution is 7.92. The van der Waals surface area contributed by atoms with Crippen LogP contribution in [0, 0.1) is 0 Å². The number of amides is 2. The van der Waals surface area contributed by atoms with Crippen LogP contribution in [0.3, 0.4) is 0 Å². The average Bonchev–Trinajstić information content (AvgIpc) is 3.03. The summed E-state index contributed by atoms with van der Waals surface area (Å²) in [5.41, 5.74) is 0.647. The Labute approximate surface area is 270 Å². The molecule has 0 aliphatic heterocycles. The third kappa shape index (κ3) is 8.31. The van der Waals surface area contributed by atoms with Crippen LogP contribution in [0.15, 0.2) is 65.6 Å². The van der Waals surface area contributed by atoms with Crippen LogP contribution in [0.2, 0.25) is 5.02 Å². The lowest BCUT2D eigenvalue weighted by Crippen LogP contribution is -2.53. The standard InChI is InChI=1S/C32H40ClN3O8S/c1-8-26(32(38)34-21(2)3)35(19-22-11-9-10-12-25(22)33)31(37)20-36(27-17-23(41-4)13-15-28(27)42-5)45(39,40)24-14-16-29(43-6)30(18-24)44-7/h9-18,21,26H,8,19-20H2,1-7H3,(H,34,38)/t26-/m0/s1. The second-order valence-electron chi connectivity index (χ2n) is 10.3. The number of sulfonamides is 1. The Morgan fingerprint density at radius 2 is 1.51 bits per heavy atom. The Bertz CT molecular complexity index is 1600. The van der Waals surface area contributed by atoms with Gasteiger partial charge in [-0.2, -0.15) is 0 Å². The fourth-order valence-electron chi connectivity index (χ4n) is 4.72. The molecule has 0 saturated heterocycles. The van der Waals surface area contributed by atoms with E-state index >= 15 is 0 Å². The Kier molecular flexibility index (Phi) is 12.3. The maximum absolute atomic E-state index is 14.4. The first-order chi connectivity index (χ1) is 21.4. The lowest BCUT2D eigenvalue weighted by Gasteiger charge is -2.34. The van der Waals surface area contributed by atoms with Crippen LogP contribution in [0.1, 0.15) is 32.8 Å². The van der Waals surface area contributed by atoms with E-state index in [1.54, 1.807) is 43.3 Å². The van der Waals surface area contributed by atoms with Crippen LogP contribution in [-0.2, 0) is 26.2 Å². The Hall–Kier alpha value is -4.16. The van der Waals surface area contributed by atoms with Crippen molar-refractivity contribution in [2.24, 2.45) is 0 Å². The fourth-order valence-corrected chi connectivity index (χ4v) is 6.35. The Balaban J connectivity index is 2.21. The second-order valence-corrected chi connectivity index (χ2v) is 12.5. The minimum absolute atomic E-state index is 0.0397. The number of ether oxygens (including phenoxy) is 4. The summed E-state index contributed by atoms with van der Waals surface area (Å²) in [6.45, 7) is 4.69. The summed E-state index contributed by atoms with van der Waals surface area (Å²) < 4.78 is 51.3. The molecule has 0 aromatic heterocycles. The van der Waals surface area contributed by atoms with Crippen LogP contribution in [-0.4, -0.2) is 72.2 Å². The normalized spacial score (nSPS) is 11.8. The summed E-state index contributed by atoms with van der Waals surface area (Å²) in [4.78, 5) is 28.9. The first-order valence-electron chi connectivity index (χ1n) is 14.2. The van der Waals surface area contributed by atoms with E-state index in [9.17, 15) is 18.0 Å². The summed E-state index contributed by atoms with van der Waals surface area (Å²) in [5.74, 6) is -0.00259. The molecule has 0 bridgehead atoms. The summed E-state index contributed by atoms with van der Waals surface area (Å²) in [6.07, 6.45) is 0.264. The molecule has 0 aliphatic rings. The van der Waals surface area contributed by atoms with Crippen LogP contribution in [0.25, 0.3) is 0 Å². The van der Waals surface area contributed by atoms with Gasteiger partial charge in [-0.05, 0) is 56.2 Å². The van der Waals surface area contributed by atoms with Crippen molar-refractivity contribution in [1.29, 1.82) is 0 Å². The highest BCUT2D eigenvalue weighted by Crippen LogP contribution is 2.38. The number of hydrogen-bond donors (Lipinski definition) is 1. The highest BCUT2D eigenvalue weighted by atomic mass is 35.5. The third-order valence-corrected chi connectivity index (χ3v) is 9.12. The number of anilines is 1. The molecule has 0 heterocycles. The molecule has 11 nitrogen and oxygen atoms in total. The lowest BCUT2D eigenvalue weighted by atomic mass is 10.1. The molecule has 0 unspecified atom stereocenters. The zero-order chi connectivity index (χ0) is 33.3. The van der Waals surface area contributed by atoms with Gasteiger partial charge in [-0.25, -0.2) is 8.42 Å². The van der Waals surface area contributed by atoms with E-state index in [1.807, 2.05) is 13.8 Å². The summed E-state index contributed by atoms with van der Waals surface area (Å²) in [6, 6.07) is 14.6. The van der Waals surface area contributed by atoms with Crippen molar-refractivity contribution in [3.63, 3.8) is 0 Å². The number of methoxy groups -OCH3 is 4. The third-order valence-electron chi connectivity index (χ3n) is 6.99. The minimum Gasteiger partial charge on any atom is -0.497 e. The van der Waals surface area contributed by atoms with Crippen LogP contribution >= 0.6 is 11.6 Å². The molecule has 0 saturated carbocycles. The number of nitrogens with zero attached hydrogens (tertiary/aromatic N) is 2. The van der Waals surface area contributed by atoms with E-state index in [1.165, 1.54) is 57.6 Å². The van der Waals surface area contributed by atoms with Crippen molar-refractivity contribution >= 4 is 39.1 Å². The van der Waals surface area contributed by atoms with Gasteiger partial charge < -0.3 is 29.2 Å². The Morgan fingerprint density at radius 1 is 0.867 bits per heavy atom. The van der Waals surface area contributed by atoms with Gasteiger partial charge in [-0.15, -0.1) is 0 Å². The first-order valence-corrected chi connectivity index (χ1v) is 16.0. The van der Waals surface area contributed by atoms with Gasteiger partial charge in [0, 0.05) is 29.7 Å². The van der Waals surface area contributed by atoms with Gasteiger partial charge in [0.1, 0.15) is 24.1 Å². The Morgan fingerprint density at radius 3 is 2.09 bits per heavy atom. The predicted octanol–water partition coefficient (Wildman–Crippen LogP) is 4.90. The molecular weight excluding hydrogens is 622 g/mol. The number of nitrogens with one attached hydrogen (secondary N) is 1. The van der Waals surface area contributed by atoms with Crippen molar-refractivity contribution in [1.82, 2.24) is 10.2 Å². The van der Waals surface area contributed by atoms with Crippen molar-refractivity contribution in [3.05, 3.63) is 71.2 Å². The number of benzene rings is 3. The molecular formula is C32H40ClN3O8S. The van der Waals surface area contributed by atoms with E-state index in [2.05, 4.69) is 5.32 Å². The summed E-state index contributed by atoms with van der Waals surface area (Å²) >= 11 is 6.47. The summed E-state index contributed by atoms with van der Waals surface area (Å²) in [5, 5.41) is 3.27. The predicted molar refractivity (Wildman–Crippen MR) is 173 cm³/mol. The molecule has 244 valence electrons. The number of rotatable bonds is 15. The zero-order valence-electron chi connectivity index (χ0n) is 26.5. The van der Waals surface area contributed by atoms with Gasteiger partial charge in [0.25, 0.3) is 10.0 Å². The zero-order valence-corrected chi connectivity index (χ0v) is 28.1. The molecule has 0 spiro atoms. The monoisotopic (exact) mass is 661 g/mol. The van der Waals surface area contributed by atoms with E-state index in [-0.39, 0.29) is 47.0 Å². The minimum atomic E-state index is -4.46. The van der Waals surface area contributed by atoms with E-state index < -0.39 is 28.5 Å². The maximum atomic E-state index is 14.4. The summed E-state index contributed by atoms with van der Waals surface area (Å²) in [7, 11) is 1.19. The maximum Gasteiger partial charge on any atom is 0.265 e. The van der Waals surface area contributed by atoms with Gasteiger partial charge in [0.15, 0.2) is 11.5 Å². The smallest absolute Gasteiger partial charge is 0.265 e. The van der Waals surface area contributed by atoms with Crippen LogP contribution in [0.5, 0.6) is 23.0 Å². The van der Waals surface area contributed by atoms with Crippen LogP contribution in [0.4, 0.5) is 5.69 Å². The molecule has 3 aromatic carbocycles. The number of hydrogen-bond acceptors (Lipinski definition) is 8. The second kappa shape index (κ2) is 15.7. The molecule has 2 amide bonds. The first kappa shape index (κ1) is 35.3. The van der Waals surface area contributed by atoms with Crippen LogP contribution < -0.4 is 28.6 Å². The molecule has 3 rings (SSSR count). The SMILES string of the molecule is CC[C@@H](C(=O)NC(C)C)N(Cc1ccccc1Cl)C(=O)CN(c1cc(OC)ccc1OC)S(=O)(=O)c1ccc(OC)c(OC)c1. The van der Waals surface area contributed by atoms with Gasteiger partial charge in [0.2, 0.25) is 11.8 Å². The van der Waals surface area contributed by atoms with E-state index in [0.29, 0.717) is 22.1 Å². The number of halogens is 1. The number of carbonyl (C=O) groups is 2. The van der Waals surface area contributed by atoms with Crippen molar-refractivity contribution in [2.75, 3.05) is 39.3 Å². The van der Waals surface area contributed by atoms with Crippen molar-refractivity contribution < 1.29 is 37.0 Å². The molecule has 0 aliphatic carbocycles. The quantitative estimate of drug-likeness (QED) is 0.244. The largest absolute Gasteiger partial charge is 0.497 e.